The molecule has 0 N–H and O–H groups in total. The molecule has 0 spiro atoms. The molecule has 8 heavy (non-hydrogen) atoms. The highest BCUT2D eigenvalue weighted by Crippen LogP contribution is 2.37. The number of hydrogen-bond donors (Lipinski definition) is 0. The third kappa shape index (κ3) is 3.15. The van der Waals surface area contributed by atoms with E-state index in [1.165, 1.54) is 30.8 Å². The summed E-state index contributed by atoms with van der Waals surface area (Å²) >= 11 is 0. The summed E-state index contributed by atoms with van der Waals surface area (Å²) in [4.78, 5) is 0. The van der Waals surface area contributed by atoms with Crippen LogP contribution >= 0.6 is 31.4 Å². The molecule has 0 aromatic carbocycles. The van der Waals surface area contributed by atoms with Gasteiger partial charge in [-0.15, -0.1) is 0 Å². The molecule has 0 aromatic heterocycles. The van der Waals surface area contributed by atoms with Gasteiger partial charge in [-0.3, -0.25) is 0 Å². The standard InChI is InChI=1S/C5H10S3/c1-2-4-6-8-7-5-3-1/h1-5H2. The van der Waals surface area contributed by atoms with Crippen LogP contribution in [0.15, 0.2) is 0 Å². The minimum atomic E-state index is 1.36. The first-order valence-electron chi connectivity index (χ1n) is 2.91. The predicted molar refractivity (Wildman–Crippen MR) is 46.4 cm³/mol. The van der Waals surface area contributed by atoms with Gasteiger partial charge in [-0.1, -0.05) is 28.0 Å². The molecule has 1 rings (SSSR count). The molecule has 0 bridgehead atoms. The summed E-state index contributed by atoms with van der Waals surface area (Å²) in [6.07, 6.45) is 4.30. The van der Waals surface area contributed by atoms with E-state index in [9.17, 15) is 0 Å². The summed E-state index contributed by atoms with van der Waals surface area (Å²) in [5.74, 6) is 2.72. The van der Waals surface area contributed by atoms with Gasteiger partial charge in [0.1, 0.15) is 0 Å². The topological polar surface area (TPSA) is 0 Å². The zero-order chi connectivity index (χ0) is 5.66. The first-order chi connectivity index (χ1) is 4.00. The van der Waals surface area contributed by atoms with Crippen molar-refractivity contribution in [3.8, 4) is 0 Å². The molecule has 0 aliphatic carbocycles. The van der Waals surface area contributed by atoms with Gasteiger partial charge in [0.05, 0.1) is 0 Å². The molecule has 0 aromatic rings. The molecule has 1 aliphatic rings. The molecule has 0 radical (unpaired) electrons. The molecule has 3 heteroatoms. The van der Waals surface area contributed by atoms with Gasteiger partial charge in [-0.05, 0) is 22.7 Å². The van der Waals surface area contributed by atoms with E-state index in [1.54, 1.807) is 0 Å². The maximum absolute atomic E-state index is 2.01. The van der Waals surface area contributed by atoms with Gasteiger partial charge >= 0.3 is 0 Å². The van der Waals surface area contributed by atoms with Crippen molar-refractivity contribution in [3.63, 3.8) is 0 Å². The summed E-state index contributed by atoms with van der Waals surface area (Å²) in [5.41, 5.74) is 0. The van der Waals surface area contributed by atoms with Gasteiger partial charge in [0.25, 0.3) is 0 Å². The second kappa shape index (κ2) is 4.89. The first kappa shape index (κ1) is 7.16. The summed E-state index contributed by atoms with van der Waals surface area (Å²) in [6, 6.07) is 0. The molecule has 0 amide bonds. The lowest BCUT2D eigenvalue weighted by molar-refractivity contribution is 0.787. The van der Waals surface area contributed by atoms with Gasteiger partial charge in [0.2, 0.25) is 0 Å². The van der Waals surface area contributed by atoms with Crippen molar-refractivity contribution in [2.24, 2.45) is 0 Å². The second-order valence-corrected chi connectivity index (χ2v) is 6.24. The van der Waals surface area contributed by atoms with Gasteiger partial charge in [0.15, 0.2) is 0 Å². The van der Waals surface area contributed by atoms with Crippen LogP contribution in [0.3, 0.4) is 0 Å². The largest absolute Gasteiger partial charge is 0.0826 e. The summed E-state index contributed by atoms with van der Waals surface area (Å²) in [7, 11) is 5.98. The van der Waals surface area contributed by atoms with Crippen molar-refractivity contribution in [1.82, 2.24) is 0 Å². The molecule has 0 atom stereocenters. The zero-order valence-corrected chi connectivity index (χ0v) is 7.21. The monoisotopic (exact) mass is 166 g/mol. The van der Waals surface area contributed by atoms with Gasteiger partial charge < -0.3 is 0 Å². The van der Waals surface area contributed by atoms with E-state index < -0.39 is 0 Å². The van der Waals surface area contributed by atoms with Crippen LogP contribution in [0.2, 0.25) is 0 Å². The van der Waals surface area contributed by atoms with E-state index in [0.29, 0.717) is 0 Å². The van der Waals surface area contributed by atoms with E-state index >= 15 is 0 Å². The molecule has 1 saturated heterocycles. The molecular formula is C5H10S3. The van der Waals surface area contributed by atoms with E-state index in [4.69, 9.17) is 0 Å². The Morgan fingerprint density at radius 1 is 0.750 bits per heavy atom. The molecular weight excluding hydrogens is 156 g/mol. The van der Waals surface area contributed by atoms with Crippen molar-refractivity contribution in [2.75, 3.05) is 11.5 Å². The lowest BCUT2D eigenvalue weighted by atomic mass is 10.3. The van der Waals surface area contributed by atoms with Crippen LogP contribution in [0.4, 0.5) is 0 Å². The van der Waals surface area contributed by atoms with Crippen molar-refractivity contribution in [1.29, 1.82) is 0 Å². The molecule has 1 fully saturated rings. The van der Waals surface area contributed by atoms with Crippen molar-refractivity contribution >= 4 is 31.4 Å². The highest BCUT2D eigenvalue weighted by molar-refractivity contribution is 9.09. The fourth-order valence-electron chi connectivity index (χ4n) is 0.601. The Bertz CT molecular complexity index is 31.6. The van der Waals surface area contributed by atoms with Crippen LogP contribution in [0.5, 0.6) is 0 Å². The minimum absolute atomic E-state index is 1.36. The predicted octanol–water partition coefficient (Wildman–Crippen LogP) is 3.20. The van der Waals surface area contributed by atoms with Crippen molar-refractivity contribution in [3.05, 3.63) is 0 Å². The van der Waals surface area contributed by atoms with E-state index in [1.807, 2.05) is 31.4 Å². The summed E-state index contributed by atoms with van der Waals surface area (Å²) in [6.45, 7) is 0. The van der Waals surface area contributed by atoms with Crippen molar-refractivity contribution < 1.29 is 0 Å². The van der Waals surface area contributed by atoms with Crippen LogP contribution in [0.1, 0.15) is 19.3 Å². The van der Waals surface area contributed by atoms with Crippen LogP contribution in [0.25, 0.3) is 0 Å². The first-order valence-corrected chi connectivity index (χ1v) is 6.73. The molecule has 0 unspecified atom stereocenters. The van der Waals surface area contributed by atoms with E-state index in [-0.39, 0.29) is 0 Å². The fraction of sp³-hybridized carbons (Fsp3) is 1.00. The Labute approximate surface area is 62.4 Å². The minimum Gasteiger partial charge on any atom is -0.0826 e. The Morgan fingerprint density at radius 2 is 1.38 bits per heavy atom. The van der Waals surface area contributed by atoms with Crippen LogP contribution < -0.4 is 0 Å². The Hall–Kier alpha value is 1.05. The lowest BCUT2D eigenvalue weighted by Gasteiger charge is -2.04. The lowest BCUT2D eigenvalue weighted by Crippen LogP contribution is -1.83. The molecule has 0 saturated carbocycles. The van der Waals surface area contributed by atoms with E-state index in [2.05, 4.69) is 0 Å². The molecule has 0 nitrogen and oxygen atoms in total. The average molecular weight is 166 g/mol. The number of rotatable bonds is 0. The fourth-order valence-corrected chi connectivity index (χ4v) is 4.61. The molecule has 1 aliphatic heterocycles. The quantitative estimate of drug-likeness (QED) is 0.507. The Kier molecular flexibility index (Phi) is 4.37. The molecule has 48 valence electrons. The SMILES string of the molecule is C1CCSSSCC1. The highest BCUT2D eigenvalue weighted by Gasteiger charge is 1.97. The van der Waals surface area contributed by atoms with Gasteiger partial charge in [-0.25, -0.2) is 0 Å². The number of hydrogen-bond acceptors (Lipinski definition) is 3. The molecule has 1 heterocycles. The average Bonchev–Trinajstić information content (AvgIpc) is 1.62. The summed E-state index contributed by atoms with van der Waals surface area (Å²) < 4.78 is 0. The Balaban J connectivity index is 2.00. The van der Waals surface area contributed by atoms with E-state index in [0.717, 1.165) is 0 Å². The summed E-state index contributed by atoms with van der Waals surface area (Å²) in [5, 5.41) is 0. The third-order valence-electron chi connectivity index (χ3n) is 1.05. The third-order valence-corrected chi connectivity index (χ3v) is 5.46. The highest BCUT2D eigenvalue weighted by atomic mass is 33.5. The van der Waals surface area contributed by atoms with Crippen LogP contribution in [-0.4, -0.2) is 11.5 Å². The second-order valence-electron chi connectivity index (χ2n) is 1.77. The maximum Gasteiger partial charge on any atom is 0.00451 e. The van der Waals surface area contributed by atoms with Crippen molar-refractivity contribution in [2.45, 2.75) is 19.3 Å². The normalized spacial score (nSPS) is 24.0. The van der Waals surface area contributed by atoms with Crippen LogP contribution in [0, 0.1) is 0 Å². The smallest absolute Gasteiger partial charge is 0.00451 e. The zero-order valence-electron chi connectivity index (χ0n) is 4.76. The van der Waals surface area contributed by atoms with Crippen LogP contribution in [-0.2, 0) is 0 Å². The van der Waals surface area contributed by atoms with Gasteiger partial charge in [-0.2, -0.15) is 0 Å². The Morgan fingerprint density at radius 3 is 2.00 bits per heavy atom. The van der Waals surface area contributed by atoms with Gasteiger partial charge in [0, 0.05) is 11.5 Å². The maximum atomic E-state index is 2.01.